The Labute approximate surface area is 170 Å². The molecule has 0 aliphatic heterocycles. The largest absolute Gasteiger partial charge is 0.493 e. The number of ether oxygens (including phenoxy) is 2. The molecule has 0 aliphatic carbocycles. The molecule has 1 atom stereocenters. The number of hydrogen-bond acceptors (Lipinski definition) is 4. The summed E-state index contributed by atoms with van der Waals surface area (Å²) in [6.45, 7) is 0.763. The van der Waals surface area contributed by atoms with Gasteiger partial charge in [-0.05, 0) is 47.2 Å². The molecule has 0 saturated carbocycles. The molecular weight excluding hydrogens is 374 g/mol. The fraction of sp³-hybridized carbons (Fsp3) is 0.174. The van der Waals surface area contributed by atoms with Crippen molar-refractivity contribution in [1.29, 1.82) is 0 Å². The Bertz CT molecular complexity index is 871. The molecule has 0 saturated heterocycles. The topological polar surface area (TPSA) is 47.6 Å². The molecule has 3 rings (SSSR count). The van der Waals surface area contributed by atoms with Gasteiger partial charge in [-0.25, -0.2) is 9.63 Å². The fourth-order valence-electron chi connectivity index (χ4n) is 2.82. The first kappa shape index (κ1) is 19.9. The number of rotatable bonds is 9. The summed E-state index contributed by atoms with van der Waals surface area (Å²) in [5.74, 6) is 0.432. The molecule has 0 aliphatic rings. The van der Waals surface area contributed by atoms with E-state index in [0.29, 0.717) is 25.2 Å². The van der Waals surface area contributed by atoms with E-state index in [2.05, 4.69) is 4.84 Å². The normalized spacial score (nSPS) is 11.6. The Morgan fingerprint density at radius 1 is 0.857 bits per heavy atom. The third-order valence-corrected chi connectivity index (χ3v) is 4.45. The SMILES string of the molecule is O=C(OCCCOc1cccc(C(NCl)c2ccccc2)c1)c1ccccc1. The number of esters is 1. The molecule has 5 heteroatoms. The summed E-state index contributed by atoms with van der Waals surface area (Å²) in [6.07, 6.45) is 0.610. The van der Waals surface area contributed by atoms with Crippen LogP contribution in [-0.2, 0) is 4.74 Å². The van der Waals surface area contributed by atoms with E-state index in [1.54, 1.807) is 12.1 Å². The first-order chi connectivity index (χ1) is 13.8. The van der Waals surface area contributed by atoms with Crippen molar-refractivity contribution in [2.24, 2.45) is 0 Å². The van der Waals surface area contributed by atoms with Crippen molar-refractivity contribution in [3.05, 3.63) is 102 Å². The minimum absolute atomic E-state index is 0.127. The van der Waals surface area contributed by atoms with Gasteiger partial charge in [-0.3, -0.25) is 0 Å². The minimum Gasteiger partial charge on any atom is -0.493 e. The maximum atomic E-state index is 11.9. The van der Waals surface area contributed by atoms with Crippen LogP contribution in [0.4, 0.5) is 0 Å². The summed E-state index contributed by atoms with van der Waals surface area (Å²) in [4.78, 5) is 14.7. The summed E-state index contributed by atoms with van der Waals surface area (Å²) in [5.41, 5.74) is 2.63. The average molecular weight is 396 g/mol. The van der Waals surface area contributed by atoms with Crippen molar-refractivity contribution >= 4 is 17.7 Å². The van der Waals surface area contributed by atoms with E-state index in [1.807, 2.05) is 72.8 Å². The van der Waals surface area contributed by atoms with E-state index in [-0.39, 0.29) is 12.0 Å². The Kier molecular flexibility index (Phi) is 7.47. The van der Waals surface area contributed by atoms with Crippen LogP contribution in [0.15, 0.2) is 84.9 Å². The molecule has 0 bridgehead atoms. The lowest BCUT2D eigenvalue weighted by Crippen LogP contribution is -2.13. The zero-order valence-electron chi connectivity index (χ0n) is 15.4. The predicted octanol–water partition coefficient (Wildman–Crippen LogP) is 5.15. The second kappa shape index (κ2) is 10.5. The minimum atomic E-state index is -0.318. The third kappa shape index (κ3) is 5.59. The van der Waals surface area contributed by atoms with E-state index in [1.165, 1.54) is 0 Å². The second-order valence-electron chi connectivity index (χ2n) is 6.23. The molecule has 0 aromatic heterocycles. The Balaban J connectivity index is 1.49. The van der Waals surface area contributed by atoms with E-state index in [4.69, 9.17) is 21.3 Å². The van der Waals surface area contributed by atoms with Gasteiger partial charge in [0.15, 0.2) is 0 Å². The molecule has 0 radical (unpaired) electrons. The van der Waals surface area contributed by atoms with E-state index < -0.39 is 0 Å². The van der Waals surface area contributed by atoms with Crippen molar-refractivity contribution in [2.75, 3.05) is 13.2 Å². The molecule has 1 N–H and O–H groups in total. The van der Waals surface area contributed by atoms with Crippen molar-refractivity contribution < 1.29 is 14.3 Å². The quantitative estimate of drug-likeness (QED) is 0.309. The smallest absolute Gasteiger partial charge is 0.338 e. The summed E-state index contributed by atoms with van der Waals surface area (Å²) in [5, 5.41) is 0. The van der Waals surface area contributed by atoms with Gasteiger partial charge in [-0.1, -0.05) is 60.7 Å². The van der Waals surface area contributed by atoms with Gasteiger partial charge in [0.05, 0.1) is 24.8 Å². The first-order valence-corrected chi connectivity index (χ1v) is 9.52. The molecule has 0 amide bonds. The third-order valence-electron chi connectivity index (χ3n) is 4.23. The van der Waals surface area contributed by atoms with Crippen LogP contribution in [0.5, 0.6) is 5.75 Å². The van der Waals surface area contributed by atoms with Crippen LogP contribution < -0.4 is 9.57 Å². The number of carbonyl (C=O) groups is 1. The van der Waals surface area contributed by atoms with Gasteiger partial charge in [0.1, 0.15) is 5.75 Å². The summed E-state index contributed by atoms with van der Waals surface area (Å²) >= 11 is 5.98. The van der Waals surface area contributed by atoms with Gasteiger partial charge in [0, 0.05) is 6.42 Å². The zero-order valence-corrected chi connectivity index (χ0v) is 16.1. The van der Waals surface area contributed by atoms with E-state index >= 15 is 0 Å². The van der Waals surface area contributed by atoms with Gasteiger partial charge in [0.25, 0.3) is 0 Å². The fourth-order valence-corrected chi connectivity index (χ4v) is 3.07. The van der Waals surface area contributed by atoms with Gasteiger partial charge >= 0.3 is 5.97 Å². The molecule has 4 nitrogen and oxygen atoms in total. The van der Waals surface area contributed by atoms with Crippen molar-refractivity contribution in [1.82, 2.24) is 4.84 Å². The summed E-state index contributed by atoms with van der Waals surface area (Å²) < 4.78 is 11.1. The second-order valence-corrected chi connectivity index (χ2v) is 6.45. The Morgan fingerprint density at radius 2 is 1.54 bits per heavy atom. The summed E-state index contributed by atoms with van der Waals surface area (Å²) in [6, 6.07) is 26.6. The van der Waals surface area contributed by atoms with Crippen LogP contribution >= 0.6 is 11.8 Å². The highest BCUT2D eigenvalue weighted by Gasteiger charge is 2.13. The predicted molar refractivity (Wildman–Crippen MR) is 111 cm³/mol. The van der Waals surface area contributed by atoms with E-state index in [0.717, 1.165) is 16.9 Å². The van der Waals surface area contributed by atoms with Crippen molar-refractivity contribution in [3.63, 3.8) is 0 Å². The Hall–Kier alpha value is -2.82. The monoisotopic (exact) mass is 395 g/mol. The highest BCUT2D eigenvalue weighted by molar-refractivity contribution is 6.13. The number of benzene rings is 3. The molecule has 0 heterocycles. The number of halogens is 1. The lowest BCUT2D eigenvalue weighted by molar-refractivity contribution is 0.0486. The number of hydrogen-bond donors (Lipinski definition) is 1. The van der Waals surface area contributed by atoms with E-state index in [9.17, 15) is 4.79 Å². The molecule has 3 aromatic rings. The van der Waals surface area contributed by atoms with Gasteiger partial charge in [-0.15, -0.1) is 0 Å². The average Bonchev–Trinajstić information content (AvgIpc) is 2.76. The molecule has 1 unspecified atom stereocenters. The van der Waals surface area contributed by atoms with Crippen LogP contribution in [-0.4, -0.2) is 19.2 Å². The first-order valence-electron chi connectivity index (χ1n) is 9.14. The van der Waals surface area contributed by atoms with Crippen molar-refractivity contribution in [2.45, 2.75) is 12.5 Å². The zero-order chi connectivity index (χ0) is 19.6. The molecule has 144 valence electrons. The maximum absolute atomic E-state index is 11.9. The van der Waals surface area contributed by atoms with Crippen molar-refractivity contribution in [3.8, 4) is 5.75 Å². The lowest BCUT2D eigenvalue weighted by atomic mass is 9.99. The number of carbonyl (C=O) groups excluding carboxylic acids is 1. The highest BCUT2D eigenvalue weighted by atomic mass is 35.5. The lowest BCUT2D eigenvalue weighted by Gasteiger charge is -2.17. The molecular formula is C23H22ClNO3. The standard InChI is InChI=1S/C23H22ClNO3/c24-25-22(18-9-3-1-4-10-18)20-13-7-14-21(17-20)27-15-8-16-28-23(26)19-11-5-2-6-12-19/h1-7,9-14,17,22,25H,8,15-16H2. The maximum Gasteiger partial charge on any atom is 0.338 e. The van der Waals surface area contributed by atoms with Crippen LogP contribution in [0.1, 0.15) is 33.9 Å². The summed E-state index contributed by atoms with van der Waals surface area (Å²) in [7, 11) is 0. The molecule has 28 heavy (non-hydrogen) atoms. The highest BCUT2D eigenvalue weighted by Crippen LogP contribution is 2.25. The van der Waals surface area contributed by atoms with Crippen LogP contribution in [0.3, 0.4) is 0 Å². The molecule has 3 aromatic carbocycles. The van der Waals surface area contributed by atoms with Crippen LogP contribution in [0.25, 0.3) is 0 Å². The van der Waals surface area contributed by atoms with Gasteiger partial charge in [0.2, 0.25) is 0 Å². The van der Waals surface area contributed by atoms with Gasteiger partial charge in [-0.2, -0.15) is 0 Å². The molecule has 0 fully saturated rings. The molecule has 0 spiro atoms. The van der Waals surface area contributed by atoms with Crippen LogP contribution in [0.2, 0.25) is 0 Å². The van der Waals surface area contributed by atoms with Crippen LogP contribution in [0, 0.1) is 0 Å². The van der Waals surface area contributed by atoms with Gasteiger partial charge < -0.3 is 9.47 Å². The number of nitrogens with one attached hydrogen (secondary N) is 1. The Morgan fingerprint density at radius 3 is 2.25 bits per heavy atom.